The fourth-order valence-corrected chi connectivity index (χ4v) is 4.11. The number of anilines is 2. The Morgan fingerprint density at radius 1 is 0.960 bits per heavy atom. The molecule has 2 aromatic carbocycles. The summed E-state index contributed by atoms with van der Waals surface area (Å²) in [5, 5.41) is 5.70. The van der Waals surface area contributed by atoms with Crippen molar-refractivity contribution in [2.45, 2.75) is 6.92 Å². The fraction of sp³-hybridized carbons (Fsp3) is 0.0526. The predicted molar refractivity (Wildman–Crippen MR) is 107 cm³/mol. The topological polar surface area (TPSA) is 37.8 Å². The molecule has 0 saturated carbocycles. The Hall–Kier alpha value is -2.14. The Bertz CT molecular complexity index is 1060. The standard InChI is InChI=1S/C19H13Cl2N3S/c1-11-16(12-6-8-13(20)9-7-12)17-18(22-10-23-19(17)25-11)24-15-5-3-2-4-14(15)21/h2-10H,1H3,(H,22,23,24). The van der Waals surface area contributed by atoms with Crippen LogP contribution in [-0.2, 0) is 0 Å². The van der Waals surface area contributed by atoms with Crippen LogP contribution in [0.4, 0.5) is 11.5 Å². The van der Waals surface area contributed by atoms with Crippen molar-refractivity contribution >= 4 is 56.3 Å². The zero-order chi connectivity index (χ0) is 17.4. The highest BCUT2D eigenvalue weighted by molar-refractivity contribution is 7.19. The highest BCUT2D eigenvalue weighted by Gasteiger charge is 2.17. The van der Waals surface area contributed by atoms with Crippen LogP contribution in [0, 0.1) is 6.92 Å². The summed E-state index contributed by atoms with van der Waals surface area (Å²) in [5.41, 5.74) is 3.02. The van der Waals surface area contributed by atoms with Gasteiger partial charge in [-0.25, -0.2) is 9.97 Å². The lowest BCUT2D eigenvalue weighted by atomic mass is 10.0. The molecule has 0 amide bonds. The zero-order valence-corrected chi connectivity index (χ0v) is 15.6. The van der Waals surface area contributed by atoms with Gasteiger partial charge in [0.05, 0.1) is 16.1 Å². The molecule has 0 aliphatic heterocycles. The number of hydrogen-bond acceptors (Lipinski definition) is 4. The van der Waals surface area contributed by atoms with Crippen LogP contribution >= 0.6 is 34.5 Å². The van der Waals surface area contributed by atoms with Crippen molar-refractivity contribution in [2.24, 2.45) is 0 Å². The zero-order valence-electron chi connectivity index (χ0n) is 13.3. The monoisotopic (exact) mass is 385 g/mol. The highest BCUT2D eigenvalue weighted by atomic mass is 35.5. The molecule has 1 N–H and O–H groups in total. The number of thiophene rings is 1. The lowest BCUT2D eigenvalue weighted by Gasteiger charge is -2.10. The van der Waals surface area contributed by atoms with Crippen LogP contribution in [-0.4, -0.2) is 9.97 Å². The van der Waals surface area contributed by atoms with Gasteiger partial charge in [0.1, 0.15) is 17.0 Å². The molecular weight excluding hydrogens is 373 g/mol. The Kier molecular flexibility index (Phi) is 4.34. The number of nitrogens with zero attached hydrogens (tertiary/aromatic N) is 2. The number of fused-ring (bicyclic) bond motifs is 1. The van der Waals surface area contributed by atoms with E-state index in [0.717, 1.165) is 32.8 Å². The summed E-state index contributed by atoms with van der Waals surface area (Å²) in [6.45, 7) is 2.09. The molecule has 0 aliphatic rings. The van der Waals surface area contributed by atoms with Gasteiger partial charge < -0.3 is 5.32 Å². The van der Waals surface area contributed by atoms with Gasteiger partial charge in [0.2, 0.25) is 0 Å². The molecular formula is C19H13Cl2N3S. The summed E-state index contributed by atoms with van der Waals surface area (Å²) in [6, 6.07) is 15.4. The van der Waals surface area contributed by atoms with Gasteiger partial charge in [0, 0.05) is 15.5 Å². The first kappa shape index (κ1) is 16.3. The molecule has 0 fully saturated rings. The summed E-state index contributed by atoms with van der Waals surface area (Å²) < 4.78 is 0. The first-order valence-electron chi connectivity index (χ1n) is 7.65. The van der Waals surface area contributed by atoms with E-state index in [9.17, 15) is 0 Å². The fourth-order valence-electron chi connectivity index (χ4n) is 2.79. The molecule has 4 rings (SSSR count). The van der Waals surface area contributed by atoms with Crippen LogP contribution in [0.3, 0.4) is 0 Å². The molecule has 0 atom stereocenters. The third-order valence-corrected chi connectivity index (χ3v) is 5.52. The van der Waals surface area contributed by atoms with Crippen molar-refractivity contribution in [3.05, 3.63) is 69.8 Å². The normalized spacial score (nSPS) is 11.0. The Balaban J connectivity index is 1.91. The summed E-state index contributed by atoms with van der Waals surface area (Å²) in [4.78, 5) is 11.0. The van der Waals surface area contributed by atoms with E-state index in [-0.39, 0.29) is 0 Å². The quantitative estimate of drug-likeness (QED) is 0.425. The first-order valence-corrected chi connectivity index (χ1v) is 9.22. The van der Waals surface area contributed by atoms with Crippen molar-refractivity contribution in [1.82, 2.24) is 9.97 Å². The second-order valence-electron chi connectivity index (χ2n) is 5.55. The van der Waals surface area contributed by atoms with E-state index in [1.807, 2.05) is 48.5 Å². The summed E-state index contributed by atoms with van der Waals surface area (Å²) >= 11 is 14.0. The molecule has 0 aliphatic carbocycles. The van der Waals surface area contributed by atoms with E-state index in [4.69, 9.17) is 23.2 Å². The van der Waals surface area contributed by atoms with Crippen LogP contribution in [0.15, 0.2) is 54.9 Å². The molecule has 0 spiro atoms. The number of aryl methyl sites for hydroxylation is 1. The molecule has 3 nitrogen and oxygen atoms in total. The SMILES string of the molecule is Cc1sc2ncnc(Nc3ccccc3Cl)c2c1-c1ccc(Cl)cc1. The van der Waals surface area contributed by atoms with Crippen LogP contribution < -0.4 is 5.32 Å². The van der Waals surface area contributed by atoms with E-state index >= 15 is 0 Å². The van der Waals surface area contributed by atoms with Crippen LogP contribution in [0.25, 0.3) is 21.3 Å². The average Bonchev–Trinajstić information content (AvgIpc) is 2.95. The van der Waals surface area contributed by atoms with Gasteiger partial charge in [0.25, 0.3) is 0 Å². The Morgan fingerprint density at radius 2 is 1.72 bits per heavy atom. The van der Waals surface area contributed by atoms with E-state index in [1.54, 1.807) is 17.7 Å². The second-order valence-corrected chi connectivity index (χ2v) is 7.59. The third kappa shape index (κ3) is 3.09. The number of nitrogens with one attached hydrogen (secondary N) is 1. The Morgan fingerprint density at radius 3 is 2.48 bits per heavy atom. The van der Waals surface area contributed by atoms with Crippen molar-refractivity contribution < 1.29 is 0 Å². The molecule has 0 radical (unpaired) electrons. The van der Waals surface area contributed by atoms with Crippen LogP contribution in [0.2, 0.25) is 10.0 Å². The van der Waals surface area contributed by atoms with Crippen molar-refractivity contribution in [3.8, 4) is 11.1 Å². The summed E-state index contributed by atoms with van der Waals surface area (Å²) in [6.07, 6.45) is 1.57. The van der Waals surface area contributed by atoms with E-state index in [0.29, 0.717) is 10.0 Å². The maximum absolute atomic E-state index is 6.29. The summed E-state index contributed by atoms with van der Waals surface area (Å²) in [5.74, 6) is 0.743. The maximum Gasteiger partial charge on any atom is 0.143 e. The van der Waals surface area contributed by atoms with E-state index in [2.05, 4.69) is 22.2 Å². The molecule has 2 aromatic heterocycles. The minimum Gasteiger partial charge on any atom is -0.338 e. The summed E-state index contributed by atoms with van der Waals surface area (Å²) in [7, 11) is 0. The van der Waals surface area contributed by atoms with E-state index in [1.165, 1.54) is 4.88 Å². The molecule has 0 bridgehead atoms. The second kappa shape index (κ2) is 6.64. The number of halogens is 2. The molecule has 124 valence electrons. The van der Waals surface area contributed by atoms with Gasteiger partial charge >= 0.3 is 0 Å². The number of para-hydroxylation sites is 1. The van der Waals surface area contributed by atoms with E-state index < -0.39 is 0 Å². The van der Waals surface area contributed by atoms with Crippen LogP contribution in [0.5, 0.6) is 0 Å². The smallest absolute Gasteiger partial charge is 0.143 e. The average molecular weight is 386 g/mol. The minimum atomic E-state index is 0.647. The highest BCUT2D eigenvalue weighted by Crippen LogP contribution is 2.41. The minimum absolute atomic E-state index is 0.647. The van der Waals surface area contributed by atoms with Gasteiger partial charge in [-0.1, -0.05) is 47.5 Å². The lowest BCUT2D eigenvalue weighted by molar-refractivity contribution is 1.23. The maximum atomic E-state index is 6.29. The van der Waals surface area contributed by atoms with Crippen molar-refractivity contribution in [3.63, 3.8) is 0 Å². The Labute approximate surface area is 159 Å². The molecule has 2 heterocycles. The van der Waals surface area contributed by atoms with Gasteiger partial charge in [-0.15, -0.1) is 11.3 Å². The predicted octanol–water partition coefficient (Wildman–Crippen LogP) is 6.72. The van der Waals surface area contributed by atoms with Gasteiger partial charge in [0.15, 0.2) is 0 Å². The van der Waals surface area contributed by atoms with Gasteiger partial charge in [-0.2, -0.15) is 0 Å². The lowest BCUT2D eigenvalue weighted by Crippen LogP contribution is -1.96. The molecule has 6 heteroatoms. The molecule has 25 heavy (non-hydrogen) atoms. The van der Waals surface area contributed by atoms with Crippen LogP contribution in [0.1, 0.15) is 4.88 Å². The number of aromatic nitrogens is 2. The number of hydrogen-bond donors (Lipinski definition) is 1. The van der Waals surface area contributed by atoms with Crippen molar-refractivity contribution in [2.75, 3.05) is 5.32 Å². The third-order valence-electron chi connectivity index (χ3n) is 3.92. The van der Waals surface area contributed by atoms with Gasteiger partial charge in [-0.3, -0.25) is 0 Å². The molecule has 0 saturated heterocycles. The number of benzene rings is 2. The van der Waals surface area contributed by atoms with Crippen molar-refractivity contribution in [1.29, 1.82) is 0 Å². The number of rotatable bonds is 3. The van der Waals surface area contributed by atoms with Gasteiger partial charge in [-0.05, 0) is 36.8 Å². The largest absolute Gasteiger partial charge is 0.338 e. The first-order chi connectivity index (χ1) is 12.1. The molecule has 4 aromatic rings. The molecule has 0 unspecified atom stereocenters.